The van der Waals surface area contributed by atoms with Gasteiger partial charge in [0.25, 0.3) is 0 Å². The Morgan fingerprint density at radius 3 is 1.35 bits per heavy atom. The van der Waals surface area contributed by atoms with Gasteiger partial charge in [0.2, 0.25) is 0 Å². The van der Waals surface area contributed by atoms with Crippen molar-refractivity contribution in [1.82, 2.24) is 4.98 Å². The van der Waals surface area contributed by atoms with E-state index in [1.807, 2.05) is 0 Å². The monoisotopic (exact) mass is 685 g/mol. The fourth-order valence-electron chi connectivity index (χ4n) is 2.80. The van der Waals surface area contributed by atoms with Gasteiger partial charge in [-0.1, -0.05) is 97.1 Å². The van der Waals surface area contributed by atoms with Gasteiger partial charge >= 0.3 is 15.5 Å². The maximum Gasteiger partial charge on any atom is 0.516 e. The van der Waals surface area contributed by atoms with Crippen LogP contribution in [-0.4, -0.2) is 18.9 Å². The summed E-state index contributed by atoms with van der Waals surface area (Å²) in [5, 5.41) is 4.19. The second-order valence-electron chi connectivity index (χ2n) is 6.61. The standard InChI is InChI=1S/C18H15P.C6H5F3N2O2S.Au/c1-4-10-16(11-5-1)19(17-12-6-2-7-13-17)18-14-8-3-9-15-18;7-6(8,9)14(12,13)11-5-3-1-2-4-10-5;/h1-15H;1-4H,(H,10,11);. The molecule has 0 aliphatic carbocycles. The van der Waals surface area contributed by atoms with E-state index in [-0.39, 0.29) is 28.2 Å². The first-order valence-electron chi connectivity index (χ1n) is 9.73. The first-order chi connectivity index (χ1) is 15.8. The van der Waals surface area contributed by atoms with Gasteiger partial charge in [0.15, 0.2) is 0 Å². The third-order valence-electron chi connectivity index (χ3n) is 4.25. The SMILES string of the molecule is O=S(=O)(Nc1ccccn1)C(F)(F)F.[Au].c1ccc(P(c2ccccc2)c2ccccc2)cc1. The van der Waals surface area contributed by atoms with Crippen LogP contribution in [0.5, 0.6) is 0 Å². The molecule has 1 heterocycles. The number of nitrogens with one attached hydrogen (secondary N) is 1. The summed E-state index contributed by atoms with van der Waals surface area (Å²) in [6.45, 7) is 0. The summed E-state index contributed by atoms with van der Waals surface area (Å²) in [4.78, 5) is 3.39. The number of halogens is 3. The average Bonchev–Trinajstić information content (AvgIpc) is 2.82. The first kappa shape index (κ1) is 27.8. The normalized spacial score (nSPS) is 11.1. The number of hydrogen-bond donors (Lipinski definition) is 1. The number of pyridine rings is 1. The summed E-state index contributed by atoms with van der Waals surface area (Å²) in [7, 11) is -5.81. The number of aromatic nitrogens is 1. The maximum atomic E-state index is 11.8. The zero-order valence-corrected chi connectivity index (χ0v) is 21.4. The molecule has 0 bridgehead atoms. The molecule has 0 atom stereocenters. The molecule has 181 valence electrons. The van der Waals surface area contributed by atoms with Crippen molar-refractivity contribution in [3.63, 3.8) is 0 Å². The van der Waals surface area contributed by atoms with Crippen molar-refractivity contribution in [3.05, 3.63) is 115 Å². The van der Waals surface area contributed by atoms with Crippen molar-refractivity contribution in [1.29, 1.82) is 0 Å². The van der Waals surface area contributed by atoms with Crippen LogP contribution in [0.15, 0.2) is 115 Å². The van der Waals surface area contributed by atoms with E-state index in [1.54, 1.807) is 0 Å². The Balaban J connectivity index is 0.000000245. The molecule has 0 saturated carbocycles. The molecule has 4 rings (SSSR count). The number of sulfonamides is 1. The van der Waals surface area contributed by atoms with E-state index in [9.17, 15) is 21.6 Å². The molecule has 0 unspecified atom stereocenters. The summed E-state index contributed by atoms with van der Waals surface area (Å²) in [6, 6.07) is 36.3. The van der Waals surface area contributed by atoms with Crippen LogP contribution in [0.1, 0.15) is 0 Å². The number of benzene rings is 3. The van der Waals surface area contributed by atoms with Gasteiger partial charge in [-0.15, -0.1) is 0 Å². The van der Waals surface area contributed by atoms with E-state index in [0.717, 1.165) is 6.07 Å². The van der Waals surface area contributed by atoms with Crippen LogP contribution in [-0.2, 0) is 32.4 Å². The Hall–Kier alpha value is -2.48. The molecule has 0 fully saturated rings. The van der Waals surface area contributed by atoms with Gasteiger partial charge in [0.05, 0.1) is 0 Å². The van der Waals surface area contributed by atoms with Crippen LogP contribution in [0.25, 0.3) is 0 Å². The van der Waals surface area contributed by atoms with Gasteiger partial charge in [0, 0.05) is 28.6 Å². The maximum absolute atomic E-state index is 11.8. The van der Waals surface area contributed by atoms with Gasteiger partial charge in [-0.3, -0.25) is 4.72 Å². The van der Waals surface area contributed by atoms with Crippen molar-refractivity contribution >= 4 is 39.7 Å². The topological polar surface area (TPSA) is 59.1 Å². The molecule has 0 saturated heterocycles. The third-order valence-corrected chi connectivity index (χ3v) is 7.78. The molecule has 34 heavy (non-hydrogen) atoms. The number of nitrogens with zero attached hydrogens (tertiary/aromatic N) is 1. The molecule has 1 aromatic heterocycles. The second-order valence-corrected chi connectivity index (χ2v) is 10.5. The van der Waals surface area contributed by atoms with E-state index in [4.69, 9.17) is 0 Å². The van der Waals surface area contributed by atoms with Crippen molar-refractivity contribution in [2.75, 3.05) is 4.72 Å². The predicted molar refractivity (Wildman–Crippen MR) is 128 cm³/mol. The zero-order chi connectivity index (χ0) is 23.7. The Bertz CT molecular complexity index is 1140. The van der Waals surface area contributed by atoms with Gasteiger partial charge < -0.3 is 0 Å². The number of anilines is 1. The fourth-order valence-corrected chi connectivity index (χ4v) is 5.61. The number of rotatable bonds is 5. The van der Waals surface area contributed by atoms with Crippen molar-refractivity contribution in [2.24, 2.45) is 0 Å². The third kappa shape index (κ3) is 7.79. The van der Waals surface area contributed by atoms with Crippen molar-refractivity contribution < 1.29 is 44.0 Å². The summed E-state index contributed by atoms with van der Waals surface area (Å²) in [5.41, 5.74) is -5.33. The van der Waals surface area contributed by atoms with Crippen LogP contribution in [0, 0.1) is 0 Å². The largest absolute Gasteiger partial charge is 0.516 e. The minimum atomic E-state index is -5.36. The van der Waals surface area contributed by atoms with Crippen LogP contribution in [0.2, 0.25) is 0 Å². The molecule has 0 amide bonds. The smallest absolute Gasteiger partial charge is 0.260 e. The van der Waals surface area contributed by atoms with Gasteiger partial charge in [0.1, 0.15) is 5.82 Å². The minimum Gasteiger partial charge on any atom is -0.260 e. The van der Waals surface area contributed by atoms with Gasteiger partial charge in [-0.05, 0) is 36.0 Å². The van der Waals surface area contributed by atoms with E-state index in [0.29, 0.717) is 0 Å². The van der Waals surface area contributed by atoms with E-state index >= 15 is 0 Å². The molecule has 1 radical (unpaired) electrons. The van der Waals surface area contributed by atoms with Crippen LogP contribution >= 0.6 is 7.92 Å². The summed E-state index contributed by atoms with van der Waals surface area (Å²) in [5.74, 6) is -0.371. The van der Waals surface area contributed by atoms with Gasteiger partial charge in [-0.2, -0.15) is 21.6 Å². The van der Waals surface area contributed by atoms with E-state index in [1.165, 1.54) is 39.0 Å². The minimum absolute atomic E-state index is 0. The quantitative estimate of drug-likeness (QED) is 0.243. The fraction of sp³-hybridized carbons (Fsp3) is 0.0417. The summed E-state index contributed by atoms with van der Waals surface area (Å²) < 4.78 is 57.9. The van der Waals surface area contributed by atoms with Crippen molar-refractivity contribution in [3.8, 4) is 0 Å². The molecule has 3 aromatic carbocycles. The Labute approximate surface area is 213 Å². The van der Waals surface area contributed by atoms with Crippen LogP contribution < -0.4 is 20.6 Å². The molecule has 4 aromatic rings. The Kier molecular flexibility index (Phi) is 10.5. The summed E-state index contributed by atoms with van der Waals surface area (Å²) >= 11 is 0. The molecule has 1 N–H and O–H groups in total. The zero-order valence-electron chi connectivity index (χ0n) is 17.5. The molecular formula is C24H20AuF3N2O2PS. The van der Waals surface area contributed by atoms with Crippen LogP contribution in [0.3, 0.4) is 0 Å². The van der Waals surface area contributed by atoms with Crippen molar-refractivity contribution in [2.45, 2.75) is 5.51 Å². The summed E-state index contributed by atoms with van der Waals surface area (Å²) in [6.07, 6.45) is 1.17. The second kappa shape index (κ2) is 12.8. The number of alkyl halides is 3. The van der Waals surface area contributed by atoms with E-state index < -0.39 is 23.5 Å². The molecule has 10 heteroatoms. The first-order valence-corrected chi connectivity index (χ1v) is 12.6. The van der Waals surface area contributed by atoms with Crippen LogP contribution in [0.4, 0.5) is 19.0 Å². The molecule has 4 nitrogen and oxygen atoms in total. The molecule has 0 aliphatic heterocycles. The molecular weight excluding hydrogens is 665 g/mol. The van der Waals surface area contributed by atoms with E-state index in [2.05, 4.69) is 96.0 Å². The molecule has 0 aliphatic rings. The Morgan fingerprint density at radius 2 is 1.03 bits per heavy atom. The molecule has 0 spiro atoms. The predicted octanol–water partition coefficient (Wildman–Crippen LogP) is 4.79. The Morgan fingerprint density at radius 1 is 0.647 bits per heavy atom. The average molecular weight is 685 g/mol. The van der Waals surface area contributed by atoms with Gasteiger partial charge in [-0.25, -0.2) is 4.98 Å². The number of hydrogen-bond acceptors (Lipinski definition) is 3.